The summed E-state index contributed by atoms with van der Waals surface area (Å²) in [5.74, 6) is 1.39. The number of carbonyl (C=O) groups excluding carboxylic acids is 1. The van der Waals surface area contributed by atoms with Crippen LogP contribution in [0.3, 0.4) is 0 Å². The average molecular weight is 408 g/mol. The van der Waals surface area contributed by atoms with Crippen LogP contribution in [0.1, 0.15) is 16.7 Å². The monoisotopic (exact) mass is 408 g/mol. The molecule has 0 N–H and O–H groups in total. The molecule has 3 heteroatoms. The standard InChI is InChI=1S/C28H24O3/c29-17-16-25-18-26(30-20-22-10-4-1-5-11-22)19-27(28(25)24-14-8-3-9-15-24)31-21-23-12-6-2-7-13-23/h1-15,17-19H,16,20-21H2. The zero-order chi connectivity index (χ0) is 21.3. The number of aldehydes is 1. The van der Waals surface area contributed by atoms with Crippen molar-refractivity contribution in [3.8, 4) is 22.6 Å². The molecule has 0 spiro atoms. The Bertz CT molecular complexity index is 1110. The van der Waals surface area contributed by atoms with Crippen LogP contribution in [-0.2, 0) is 24.4 Å². The fourth-order valence-corrected chi connectivity index (χ4v) is 3.50. The molecule has 3 nitrogen and oxygen atoms in total. The molecule has 0 atom stereocenters. The molecule has 31 heavy (non-hydrogen) atoms. The zero-order valence-corrected chi connectivity index (χ0v) is 17.2. The smallest absolute Gasteiger partial charge is 0.131 e. The summed E-state index contributed by atoms with van der Waals surface area (Å²) in [7, 11) is 0. The van der Waals surface area contributed by atoms with Gasteiger partial charge in [0, 0.05) is 18.1 Å². The molecule has 0 aromatic heterocycles. The maximum Gasteiger partial charge on any atom is 0.131 e. The topological polar surface area (TPSA) is 35.5 Å². The van der Waals surface area contributed by atoms with E-state index in [1.54, 1.807) is 0 Å². The van der Waals surface area contributed by atoms with Gasteiger partial charge in [-0.15, -0.1) is 0 Å². The molecule has 0 heterocycles. The lowest BCUT2D eigenvalue weighted by molar-refractivity contribution is -0.107. The highest BCUT2D eigenvalue weighted by atomic mass is 16.5. The normalized spacial score (nSPS) is 10.5. The summed E-state index contributed by atoms with van der Waals surface area (Å²) in [6.07, 6.45) is 1.21. The lowest BCUT2D eigenvalue weighted by atomic mass is 9.96. The molecule has 0 aliphatic rings. The van der Waals surface area contributed by atoms with Crippen molar-refractivity contribution in [1.29, 1.82) is 0 Å². The number of carbonyl (C=O) groups is 1. The van der Waals surface area contributed by atoms with Gasteiger partial charge in [0.25, 0.3) is 0 Å². The number of hydrogen-bond donors (Lipinski definition) is 0. The first-order valence-corrected chi connectivity index (χ1v) is 10.3. The lowest BCUT2D eigenvalue weighted by Gasteiger charge is -2.18. The quantitative estimate of drug-likeness (QED) is 0.307. The van der Waals surface area contributed by atoms with Gasteiger partial charge in [-0.1, -0.05) is 91.0 Å². The van der Waals surface area contributed by atoms with E-state index in [4.69, 9.17) is 9.47 Å². The SMILES string of the molecule is O=CCc1cc(OCc2ccccc2)cc(OCc2ccccc2)c1-c1ccccc1. The minimum Gasteiger partial charge on any atom is -0.489 e. The van der Waals surface area contributed by atoms with Gasteiger partial charge in [-0.3, -0.25) is 0 Å². The molecule has 4 aromatic carbocycles. The van der Waals surface area contributed by atoms with Crippen molar-refractivity contribution in [2.24, 2.45) is 0 Å². The Labute approximate surface area is 182 Å². The molecule has 0 unspecified atom stereocenters. The largest absolute Gasteiger partial charge is 0.489 e. The van der Waals surface area contributed by atoms with E-state index < -0.39 is 0 Å². The summed E-state index contributed by atoms with van der Waals surface area (Å²) in [6.45, 7) is 0.882. The Morgan fingerprint density at radius 3 is 1.77 bits per heavy atom. The molecule has 0 aliphatic carbocycles. The Kier molecular flexibility index (Phi) is 6.76. The minimum absolute atomic E-state index is 0.286. The molecular formula is C28H24O3. The number of hydrogen-bond acceptors (Lipinski definition) is 3. The van der Waals surface area contributed by atoms with Gasteiger partial charge in [0.05, 0.1) is 0 Å². The fourth-order valence-electron chi connectivity index (χ4n) is 3.50. The third kappa shape index (κ3) is 5.40. The van der Waals surface area contributed by atoms with Crippen molar-refractivity contribution in [3.63, 3.8) is 0 Å². The van der Waals surface area contributed by atoms with Gasteiger partial charge in [-0.25, -0.2) is 0 Å². The van der Waals surface area contributed by atoms with E-state index in [1.165, 1.54) is 0 Å². The highest BCUT2D eigenvalue weighted by molar-refractivity contribution is 5.78. The van der Waals surface area contributed by atoms with Gasteiger partial charge in [-0.05, 0) is 28.3 Å². The molecule has 0 amide bonds. The second kappa shape index (κ2) is 10.3. The van der Waals surface area contributed by atoms with Crippen LogP contribution >= 0.6 is 0 Å². The molecule has 4 rings (SSSR count). The molecule has 0 saturated heterocycles. The Balaban J connectivity index is 1.69. The summed E-state index contributed by atoms with van der Waals surface area (Å²) in [5.41, 5.74) is 4.98. The van der Waals surface area contributed by atoms with Gasteiger partial charge in [0.2, 0.25) is 0 Å². The van der Waals surface area contributed by atoms with E-state index in [9.17, 15) is 4.79 Å². The minimum atomic E-state index is 0.286. The van der Waals surface area contributed by atoms with Crippen molar-refractivity contribution in [3.05, 3.63) is 120 Å². The van der Waals surface area contributed by atoms with E-state index in [-0.39, 0.29) is 6.42 Å². The number of benzene rings is 4. The number of ether oxygens (including phenoxy) is 2. The average Bonchev–Trinajstić information content (AvgIpc) is 2.83. The van der Waals surface area contributed by atoms with Crippen LogP contribution in [0.4, 0.5) is 0 Å². The second-order valence-corrected chi connectivity index (χ2v) is 7.24. The molecule has 0 radical (unpaired) electrons. The Morgan fingerprint density at radius 1 is 0.645 bits per heavy atom. The van der Waals surface area contributed by atoms with E-state index >= 15 is 0 Å². The highest BCUT2D eigenvalue weighted by Gasteiger charge is 2.15. The van der Waals surface area contributed by atoms with E-state index in [0.717, 1.165) is 34.1 Å². The third-order valence-corrected chi connectivity index (χ3v) is 5.01. The summed E-state index contributed by atoms with van der Waals surface area (Å²) in [6, 6.07) is 33.9. The molecule has 4 aromatic rings. The molecule has 154 valence electrons. The van der Waals surface area contributed by atoms with Gasteiger partial charge >= 0.3 is 0 Å². The fraction of sp³-hybridized carbons (Fsp3) is 0.107. The summed E-state index contributed by atoms with van der Waals surface area (Å²) in [4.78, 5) is 11.5. The highest BCUT2D eigenvalue weighted by Crippen LogP contribution is 2.38. The zero-order valence-electron chi connectivity index (χ0n) is 17.2. The number of rotatable bonds is 9. The van der Waals surface area contributed by atoms with Gasteiger partial charge in [0.15, 0.2) is 0 Å². The molecule has 0 aliphatic heterocycles. The van der Waals surface area contributed by atoms with Crippen LogP contribution in [0, 0.1) is 0 Å². The van der Waals surface area contributed by atoms with E-state index in [2.05, 4.69) is 0 Å². The van der Waals surface area contributed by atoms with Crippen molar-refractivity contribution in [1.82, 2.24) is 0 Å². The molecule has 0 bridgehead atoms. The Hall–Kier alpha value is -3.85. The maximum absolute atomic E-state index is 11.5. The third-order valence-electron chi connectivity index (χ3n) is 5.01. The van der Waals surface area contributed by atoms with Gasteiger partial charge in [-0.2, -0.15) is 0 Å². The summed E-state index contributed by atoms with van der Waals surface area (Å²) in [5, 5.41) is 0. The molecule has 0 saturated carbocycles. The van der Waals surface area contributed by atoms with Gasteiger partial charge in [0.1, 0.15) is 31.0 Å². The maximum atomic E-state index is 11.5. The van der Waals surface area contributed by atoms with Crippen molar-refractivity contribution < 1.29 is 14.3 Å². The van der Waals surface area contributed by atoms with Crippen LogP contribution in [-0.4, -0.2) is 6.29 Å². The first kappa shape index (κ1) is 20.4. The molecule has 0 fully saturated rings. The van der Waals surface area contributed by atoms with Crippen LogP contribution in [0.25, 0.3) is 11.1 Å². The lowest BCUT2D eigenvalue weighted by Crippen LogP contribution is -2.03. The first-order valence-electron chi connectivity index (χ1n) is 10.3. The predicted molar refractivity (Wildman–Crippen MR) is 123 cm³/mol. The van der Waals surface area contributed by atoms with Crippen molar-refractivity contribution in [2.45, 2.75) is 19.6 Å². The first-order chi connectivity index (χ1) is 15.3. The van der Waals surface area contributed by atoms with E-state index in [1.807, 2.05) is 103 Å². The van der Waals surface area contributed by atoms with Crippen LogP contribution in [0.5, 0.6) is 11.5 Å². The Morgan fingerprint density at radius 2 is 1.19 bits per heavy atom. The van der Waals surface area contributed by atoms with Crippen molar-refractivity contribution in [2.75, 3.05) is 0 Å². The van der Waals surface area contributed by atoms with Crippen LogP contribution < -0.4 is 9.47 Å². The predicted octanol–water partition coefficient (Wildman–Crippen LogP) is 6.25. The molecular weight excluding hydrogens is 384 g/mol. The van der Waals surface area contributed by atoms with E-state index in [0.29, 0.717) is 24.7 Å². The summed E-state index contributed by atoms with van der Waals surface area (Å²) < 4.78 is 12.3. The summed E-state index contributed by atoms with van der Waals surface area (Å²) >= 11 is 0. The van der Waals surface area contributed by atoms with Gasteiger partial charge < -0.3 is 14.3 Å². The van der Waals surface area contributed by atoms with Crippen molar-refractivity contribution >= 4 is 6.29 Å². The van der Waals surface area contributed by atoms with Crippen LogP contribution in [0.15, 0.2) is 103 Å². The van der Waals surface area contributed by atoms with Crippen LogP contribution in [0.2, 0.25) is 0 Å². The second-order valence-electron chi connectivity index (χ2n) is 7.24.